The third-order valence-electron chi connectivity index (χ3n) is 3.30. The fourth-order valence-corrected chi connectivity index (χ4v) is 1.97. The lowest BCUT2D eigenvalue weighted by Gasteiger charge is -2.26. The monoisotopic (exact) mass is 295 g/mol. The molecule has 0 spiro atoms. The fourth-order valence-electron chi connectivity index (χ4n) is 1.97. The zero-order valence-corrected chi connectivity index (χ0v) is 13.2. The van der Waals surface area contributed by atoms with Crippen LogP contribution in [0.15, 0.2) is 22.8 Å². The van der Waals surface area contributed by atoms with Crippen LogP contribution in [0.5, 0.6) is 0 Å². The third-order valence-corrected chi connectivity index (χ3v) is 3.30. The largest absolute Gasteiger partial charge is 0.467 e. The van der Waals surface area contributed by atoms with E-state index < -0.39 is 6.04 Å². The molecule has 6 nitrogen and oxygen atoms in total. The van der Waals surface area contributed by atoms with Crippen LogP contribution in [0.3, 0.4) is 0 Å². The normalized spacial score (nSPS) is 12.0. The van der Waals surface area contributed by atoms with Crippen LogP contribution in [0.4, 0.5) is 4.79 Å². The molecule has 0 fully saturated rings. The van der Waals surface area contributed by atoms with Crippen LogP contribution in [0.25, 0.3) is 0 Å². The van der Waals surface area contributed by atoms with Gasteiger partial charge in [0.25, 0.3) is 0 Å². The molecule has 0 saturated carbocycles. The van der Waals surface area contributed by atoms with Crippen LogP contribution in [-0.2, 0) is 11.3 Å². The quantitative estimate of drug-likeness (QED) is 0.807. The average Bonchev–Trinajstić information content (AvgIpc) is 2.96. The van der Waals surface area contributed by atoms with E-state index in [0.717, 1.165) is 0 Å². The number of urea groups is 1. The lowest BCUT2D eigenvalue weighted by molar-refractivity contribution is -0.124. The smallest absolute Gasteiger partial charge is 0.318 e. The fraction of sp³-hybridized carbons (Fsp3) is 0.600. The van der Waals surface area contributed by atoms with Crippen molar-refractivity contribution in [3.05, 3.63) is 24.2 Å². The summed E-state index contributed by atoms with van der Waals surface area (Å²) in [6.07, 6.45) is 1.56. The molecule has 1 atom stereocenters. The number of carbonyl (C=O) groups is 2. The van der Waals surface area contributed by atoms with Crippen LogP contribution in [0.1, 0.15) is 33.5 Å². The van der Waals surface area contributed by atoms with Gasteiger partial charge in [-0.1, -0.05) is 13.8 Å². The molecule has 3 amide bonds. The number of rotatable bonds is 7. The van der Waals surface area contributed by atoms with Crippen molar-refractivity contribution in [3.8, 4) is 0 Å². The van der Waals surface area contributed by atoms with Crippen LogP contribution >= 0.6 is 0 Å². The molecule has 1 heterocycles. The van der Waals surface area contributed by atoms with E-state index in [1.807, 2.05) is 27.7 Å². The van der Waals surface area contributed by atoms with Crippen LogP contribution < -0.4 is 10.6 Å². The Bertz CT molecular complexity index is 439. The molecule has 1 aromatic heterocycles. The highest BCUT2D eigenvalue weighted by molar-refractivity contribution is 5.87. The van der Waals surface area contributed by atoms with Gasteiger partial charge < -0.3 is 20.0 Å². The standard InChI is InChI=1S/C15H25N3O3/c1-5-18(6-2)15(20)17-13(11(3)4)14(19)16-10-12-8-7-9-21-12/h7-9,11,13H,5-6,10H2,1-4H3,(H,16,19)(H,17,20)/t13-/m0/s1. The number of carbonyl (C=O) groups excluding carboxylic acids is 2. The van der Waals surface area contributed by atoms with Gasteiger partial charge in [-0.05, 0) is 31.9 Å². The Kier molecular flexibility index (Phi) is 6.78. The molecule has 0 radical (unpaired) electrons. The van der Waals surface area contributed by atoms with Gasteiger partial charge in [0.1, 0.15) is 11.8 Å². The van der Waals surface area contributed by atoms with Crippen LogP contribution in [0.2, 0.25) is 0 Å². The molecule has 6 heteroatoms. The summed E-state index contributed by atoms with van der Waals surface area (Å²) in [7, 11) is 0. The first-order valence-corrected chi connectivity index (χ1v) is 7.35. The van der Waals surface area contributed by atoms with Crippen molar-refractivity contribution in [1.82, 2.24) is 15.5 Å². The van der Waals surface area contributed by atoms with Gasteiger partial charge in [0, 0.05) is 13.1 Å². The second kappa shape index (κ2) is 8.34. The van der Waals surface area contributed by atoms with Crippen molar-refractivity contribution in [2.24, 2.45) is 5.92 Å². The molecule has 0 aromatic carbocycles. The predicted octanol–water partition coefficient (Wildman–Crippen LogP) is 1.97. The van der Waals surface area contributed by atoms with E-state index in [1.54, 1.807) is 23.3 Å². The number of hydrogen-bond donors (Lipinski definition) is 2. The third kappa shape index (κ3) is 5.13. The Morgan fingerprint density at radius 3 is 2.43 bits per heavy atom. The number of furan rings is 1. The van der Waals surface area contributed by atoms with E-state index in [4.69, 9.17) is 4.42 Å². The Hall–Kier alpha value is -1.98. The first-order chi connectivity index (χ1) is 9.99. The van der Waals surface area contributed by atoms with Crippen molar-refractivity contribution in [2.75, 3.05) is 13.1 Å². The zero-order valence-electron chi connectivity index (χ0n) is 13.2. The summed E-state index contributed by atoms with van der Waals surface area (Å²) in [4.78, 5) is 26.0. The molecule has 0 aliphatic rings. The lowest BCUT2D eigenvalue weighted by atomic mass is 10.0. The average molecular weight is 295 g/mol. The molecule has 21 heavy (non-hydrogen) atoms. The summed E-state index contributed by atoms with van der Waals surface area (Å²) >= 11 is 0. The molecule has 118 valence electrons. The van der Waals surface area contributed by atoms with Gasteiger partial charge in [0.2, 0.25) is 5.91 Å². The minimum Gasteiger partial charge on any atom is -0.467 e. The van der Waals surface area contributed by atoms with Crippen molar-refractivity contribution in [1.29, 1.82) is 0 Å². The van der Waals surface area contributed by atoms with Crippen molar-refractivity contribution >= 4 is 11.9 Å². The van der Waals surface area contributed by atoms with Gasteiger partial charge in [0.05, 0.1) is 12.8 Å². The number of nitrogens with zero attached hydrogens (tertiary/aromatic N) is 1. The predicted molar refractivity (Wildman–Crippen MR) is 80.6 cm³/mol. The van der Waals surface area contributed by atoms with E-state index in [0.29, 0.717) is 25.4 Å². The van der Waals surface area contributed by atoms with E-state index in [9.17, 15) is 9.59 Å². The molecule has 0 saturated heterocycles. The molecule has 1 rings (SSSR count). The summed E-state index contributed by atoms with van der Waals surface area (Å²) in [6.45, 7) is 9.16. The van der Waals surface area contributed by atoms with Crippen molar-refractivity contribution in [3.63, 3.8) is 0 Å². The zero-order chi connectivity index (χ0) is 15.8. The highest BCUT2D eigenvalue weighted by Gasteiger charge is 2.25. The van der Waals surface area contributed by atoms with E-state index in [1.165, 1.54) is 0 Å². The lowest BCUT2D eigenvalue weighted by Crippen LogP contribution is -2.53. The Morgan fingerprint density at radius 2 is 1.95 bits per heavy atom. The van der Waals surface area contributed by atoms with Gasteiger partial charge in [-0.2, -0.15) is 0 Å². The van der Waals surface area contributed by atoms with Crippen LogP contribution in [0, 0.1) is 5.92 Å². The van der Waals surface area contributed by atoms with E-state index in [-0.39, 0.29) is 17.9 Å². The van der Waals surface area contributed by atoms with Gasteiger partial charge in [-0.15, -0.1) is 0 Å². The van der Waals surface area contributed by atoms with E-state index in [2.05, 4.69) is 10.6 Å². The molecule has 0 aliphatic carbocycles. The maximum Gasteiger partial charge on any atom is 0.318 e. The molecule has 0 bridgehead atoms. The Balaban J connectivity index is 2.59. The first-order valence-electron chi connectivity index (χ1n) is 7.35. The SMILES string of the molecule is CCN(CC)C(=O)N[C@H](C(=O)NCc1ccco1)C(C)C. The summed E-state index contributed by atoms with van der Waals surface area (Å²) < 4.78 is 5.17. The first kappa shape index (κ1) is 17.1. The molecule has 1 aromatic rings. The highest BCUT2D eigenvalue weighted by atomic mass is 16.3. The topological polar surface area (TPSA) is 74.6 Å². The van der Waals surface area contributed by atoms with Crippen molar-refractivity contribution < 1.29 is 14.0 Å². The summed E-state index contributed by atoms with van der Waals surface area (Å²) in [5, 5.41) is 5.57. The van der Waals surface area contributed by atoms with Gasteiger partial charge in [0.15, 0.2) is 0 Å². The number of hydrogen-bond acceptors (Lipinski definition) is 3. The molecule has 2 N–H and O–H groups in total. The Labute approximate surface area is 125 Å². The molecular formula is C15H25N3O3. The van der Waals surface area contributed by atoms with Crippen LogP contribution in [-0.4, -0.2) is 36.0 Å². The minimum atomic E-state index is -0.562. The van der Waals surface area contributed by atoms with Gasteiger partial charge in [-0.3, -0.25) is 4.79 Å². The second-order valence-corrected chi connectivity index (χ2v) is 5.14. The second-order valence-electron chi connectivity index (χ2n) is 5.14. The molecule has 0 aliphatic heterocycles. The maximum atomic E-state index is 12.2. The summed E-state index contributed by atoms with van der Waals surface area (Å²) in [5.74, 6) is 0.476. The van der Waals surface area contributed by atoms with Gasteiger partial charge >= 0.3 is 6.03 Å². The molecular weight excluding hydrogens is 270 g/mol. The summed E-state index contributed by atoms with van der Waals surface area (Å²) in [6, 6.07) is 2.78. The number of amides is 3. The Morgan fingerprint density at radius 1 is 1.29 bits per heavy atom. The summed E-state index contributed by atoms with van der Waals surface area (Å²) in [5.41, 5.74) is 0. The highest BCUT2D eigenvalue weighted by Crippen LogP contribution is 2.05. The van der Waals surface area contributed by atoms with E-state index >= 15 is 0 Å². The molecule has 0 unspecified atom stereocenters. The maximum absolute atomic E-state index is 12.2. The number of nitrogens with one attached hydrogen (secondary N) is 2. The minimum absolute atomic E-state index is 0.00103. The van der Waals surface area contributed by atoms with Crippen molar-refractivity contribution in [2.45, 2.75) is 40.3 Å². The van der Waals surface area contributed by atoms with Gasteiger partial charge in [-0.25, -0.2) is 4.79 Å².